The van der Waals surface area contributed by atoms with Crippen molar-refractivity contribution in [3.05, 3.63) is 53.3 Å². The summed E-state index contributed by atoms with van der Waals surface area (Å²) < 4.78 is 25.5. The molecule has 1 aromatic carbocycles. The van der Waals surface area contributed by atoms with Gasteiger partial charge in [0.2, 0.25) is 5.95 Å². The third-order valence-electron chi connectivity index (χ3n) is 5.05. The predicted molar refractivity (Wildman–Crippen MR) is 97.2 cm³/mol. The molecule has 0 amide bonds. The fraction of sp³-hybridized carbons (Fsp3) is 0.444. The van der Waals surface area contributed by atoms with Crippen molar-refractivity contribution in [2.24, 2.45) is 0 Å². The minimum absolute atomic E-state index is 0.0520. The van der Waals surface area contributed by atoms with Gasteiger partial charge in [0.15, 0.2) is 9.84 Å². The van der Waals surface area contributed by atoms with E-state index in [0.717, 1.165) is 24.3 Å². The van der Waals surface area contributed by atoms with Crippen LogP contribution in [-0.4, -0.2) is 55.7 Å². The van der Waals surface area contributed by atoms with Crippen LogP contribution >= 0.6 is 0 Å². The summed E-state index contributed by atoms with van der Waals surface area (Å²) in [7, 11) is 0.629. The average molecular weight is 358 g/mol. The maximum Gasteiger partial charge on any atom is 0.225 e. The molecule has 2 aromatic rings. The van der Waals surface area contributed by atoms with Gasteiger partial charge in [-0.1, -0.05) is 30.3 Å². The zero-order valence-corrected chi connectivity index (χ0v) is 15.3. The summed E-state index contributed by atoms with van der Waals surface area (Å²) in [6.07, 6.45) is 1.69. The average Bonchev–Trinajstić information content (AvgIpc) is 3.00. The minimum Gasteiger partial charge on any atom is -0.347 e. The lowest BCUT2D eigenvalue weighted by Crippen LogP contribution is -2.35. The summed E-state index contributed by atoms with van der Waals surface area (Å²) in [5.41, 5.74) is 2.87. The molecule has 6 nitrogen and oxygen atoms in total. The van der Waals surface area contributed by atoms with Crippen LogP contribution in [0.25, 0.3) is 0 Å². The Morgan fingerprint density at radius 3 is 2.68 bits per heavy atom. The fourth-order valence-electron chi connectivity index (χ4n) is 3.83. The molecular weight excluding hydrogens is 336 g/mol. The fourth-order valence-corrected chi connectivity index (χ4v) is 5.85. The van der Waals surface area contributed by atoms with E-state index in [9.17, 15) is 8.42 Å². The molecule has 4 rings (SSSR count). The smallest absolute Gasteiger partial charge is 0.225 e. The van der Waals surface area contributed by atoms with Gasteiger partial charge in [0.05, 0.1) is 16.7 Å². The Kier molecular flexibility index (Phi) is 4.00. The van der Waals surface area contributed by atoms with Crippen molar-refractivity contribution in [2.75, 3.05) is 32.1 Å². The molecule has 0 N–H and O–H groups in total. The largest absolute Gasteiger partial charge is 0.347 e. The van der Waals surface area contributed by atoms with E-state index in [0.29, 0.717) is 12.5 Å². The highest BCUT2D eigenvalue weighted by atomic mass is 32.2. The zero-order valence-electron chi connectivity index (χ0n) is 14.5. The Labute approximate surface area is 148 Å². The van der Waals surface area contributed by atoms with E-state index >= 15 is 0 Å². The molecule has 7 heteroatoms. The SMILES string of the molecule is CN(C)c1ncc2c(n1)[C@H]1CN(Cc3ccccc3)C[C@H]1S(=O)(=O)C2. The van der Waals surface area contributed by atoms with E-state index in [1.165, 1.54) is 5.56 Å². The van der Waals surface area contributed by atoms with Crippen molar-refractivity contribution in [3.8, 4) is 0 Å². The van der Waals surface area contributed by atoms with E-state index in [1.807, 2.05) is 37.2 Å². The number of hydrogen-bond acceptors (Lipinski definition) is 6. The van der Waals surface area contributed by atoms with Crippen LogP contribution in [0, 0.1) is 0 Å². The summed E-state index contributed by atoms with van der Waals surface area (Å²) in [5.74, 6) is 0.619. The van der Waals surface area contributed by atoms with E-state index in [4.69, 9.17) is 0 Å². The molecule has 0 bridgehead atoms. The standard InChI is InChI=1S/C18H22N4O2S/c1-21(2)18-19-8-14-12-25(23,24)16-11-22(10-15(16)17(14)20-18)9-13-6-4-3-5-7-13/h3-8,15-16H,9-12H2,1-2H3/t15-,16+/m0/s1. The van der Waals surface area contributed by atoms with Crippen molar-refractivity contribution >= 4 is 15.8 Å². The molecule has 2 aliphatic heterocycles. The second-order valence-corrected chi connectivity index (χ2v) is 9.33. The Hall–Kier alpha value is -1.99. The number of anilines is 1. The summed E-state index contributed by atoms with van der Waals surface area (Å²) in [6, 6.07) is 10.2. The third kappa shape index (κ3) is 3.02. The van der Waals surface area contributed by atoms with Crippen LogP contribution < -0.4 is 4.90 Å². The number of sulfone groups is 1. The molecule has 1 saturated heterocycles. The summed E-state index contributed by atoms with van der Waals surface area (Å²) >= 11 is 0. The second-order valence-electron chi connectivity index (χ2n) is 7.11. The van der Waals surface area contributed by atoms with Crippen LogP contribution in [0.3, 0.4) is 0 Å². The van der Waals surface area contributed by atoms with Crippen molar-refractivity contribution < 1.29 is 8.42 Å². The van der Waals surface area contributed by atoms with E-state index < -0.39 is 9.84 Å². The number of aromatic nitrogens is 2. The molecule has 1 aromatic heterocycles. The van der Waals surface area contributed by atoms with Crippen LogP contribution in [0.5, 0.6) is 0 Å². The molecule has 25 heavy (non-hydrogen) atoms. The summed E-state index contributed by atoms with van der Waals surface area (Å²) in [4.78, 5) is 13.1. The van der Waals surface area contributed by atoms with Crippen molar-refractivity contribution in [2.45, 2.75) is 23.5 Å². The topological polar surface area (TPSA) is 66.4 Å². The van der Waals surface area contributed by atoms with Crippen LogP contribution in [-0.2, 0) is 22.1 Å². The summed E-state index contributed by atoms with van der Waals surface area (Å²) in [5, 5.41) is -0.367. The minimum atomic E-state index is -3.17. The van der Waals surface area contributed by atoms with Gasteiger partial charge < -0.3 is 4.90 Å². The first kappa shape index (κ1) is 16.5. The molecule has 0 saturated carbocycles. The quantitative estimate of drug-likeness (QED) is 0.827. The number of fused-ring (bicyclic) bond motifs is 3. The molecule has 132 valence electrons. The lowest BCUT2D eigenvalue weighted by molar-refractivity contribution is 0.326. The van der Waals surface area contributed by atoms with Gasteiger partial charge in [-0.15, -0.1) is 0 Å². The zero-order chi connectivity index (χ0) is 17.6. The van der Waals surface area contributed by atoms with Crippen LogP contribution in [0.15, 0.2) is 36.5 Å². The molecule has 0 aliphatic carbocycles. The summed E-state index contributed by atoms with van der Waals surface area (Å²) in [6.45, 7) is 2.06. The molecule has 2 aliphatic rings. The van der Waals surface area contributed by atoms with E-state index in [1.54, 1.807) is 6.20 Å². The van der Waals surface area contributed by atoms with Crippen LogP contribution in [0.1, 0.15) is 22.7 Å². The van der Waals surface area contributed by atoms with Gasteiger partial charge in [-0.25, -0.2) is 18.4 Å². The normalized spacial score (nSPS) is 24.6. The van der Waals surface area contributed by atoms with Gasteiger partial charge in [0.1, 0.15) is 0 Å². The van der Waals surface area contributed by atoms with Crippen molar-refractivity contribution in [1.29, 1.82) is 0 Å². The maximum absolute atomic E-state index is 12.8. The van der Waals surface area contributed by atoms with Gasteiger partial charge in [0, 0.05) is 51.4 Å². The Morgan fingerprint density at radius 1 is 1.20 bits per heavy atom. The second kappa shape index (κ2) is 6.07. The first-order valence-corrected chi connectivity index (χ1v) is 10.2. The van der Waals surface area contributed by atoms with E-state index in [2.05, 4.69) is 27.0 Å². The van der Waals surface area contributed by atoms with Crippen LogP contribution in [0.4, 0.5) is 5.95 Å². The molecular formula is C18H22N4O2S. The Morgan fingerprint density at radius 2 is 1.96 bits per heavy atom. The monoisotopic (exact) mass is 358 g/mol. The maximum atomic E-state index is 12.8. The Balaban J connectivity index is 1.66. The van der Waals surface area contributed by atoms with Gasteiger partial charge in [-0.3, -0.25) is 4.90 Å². The third-order valence-corrected chi connectivity index (χ3v) is 7.16. The van der Waals surface area contributed by atoms with Gasteiger partial charge in [-0.2, -0.15) is 0 Å². The highest BCUT2D eigenvalue weighted by molar-refractivity contribution is 7.91. The van der Waals surface area contributed by atoms with E-state index in [-0.39, 0.29) is 16.9 Å². The van der Waals surface area contributed by atoms with Gasteiger partial charge >= 0.3 is 0 Å². The first-order valence-electron chi connectivity index (χ1n) is 8.45. The number of hydrogen-bond donors (Lipinski definition) is 0. The van der Waals surface area contributed by atoms with Crippen molar-refractivity contribution in [1.82, 2.24) is 14.9 Å². The highest BCUT2D eigenvalue weighted by Gasteiger charge is 2.47. The lowest BCUT2D eigenvalue weighted by Gasteiger charge is -2.27. The molecule has 1 fully saturated rings. The lowest BCUT2D eigenvalue weighted by atomic mass is 10.00. The molecule has 2 atom stereocenters. The molecule has 0 radical (unpaired) electrons. The van der Waals surface area contributed by atoms with Crippen molar-refractivity contribution in [3.63, 3.8) is 0 Å². The number of rotatable bonds is 3. The van der Waals surface area contributed by atoms with Gasteiger partial charge in [-0.05, 0) is 5.56 Å². The van der Waals surface area contributed by atoms with Crippen LogP contribution in [0.2, 0.25) is 0 Å². The van der Waals surface area contributed by atoms with Gasteiger partial charge in [0.25, 0.3) is 0 Å². The Bertz CT molecular complexity index is 883. The highest BCUT2D eigenvalue weighted by Crippen LogP contribution is 2.39. The molecule has 0 unspecified atom stereocenters. The number of nitrogens with zero attached hydrogens (tertiary/aromatic N) is 4. The predicted octanol–water partition coefficient (Wildman–Crippen LogP) is 1.44. The number of benzene rings is 1. The first-order chi connectivity index (χ1) is 11.9. The number of likely N-dealkylation sites (tertiary alicyclic amines) is 1. The molecule has 0 spiro atoms. The molecule has 3 heterocycles.